The molecule has 0 bridgehead atoms. The normalized spacial score (nSPS) is 11.2. The molecule has 0 aliphatic carbocycles. The van der Waals surface area contributed by atoms with Gasteiger partial charge in [-0.15, -0.1) is 11.3 Å². The second-order valence-electron chi connectivity index (χ2n) is 4.33. The number of hydrogen-bond donors (Lipinski definition) is 1. The fraction of sp³-hybridized carbons (Fsp3) is 0.692. The Hall–Kier alpha value is -0.380. The van der Waals surface area contributed by atoms with E-state index in [9.17, 15) is 0 Å². The van der Waals surface area contributed by atoms with Crippen LogP contribution in [-0.2, 0) is 11.3 Å². The number of aryl methyl sites for hydroxylation is 1. The zero-order chi connectivity index (χ0) is 11.8. The maximum atomic E-state index is 5.49. The minimum atomic E-state index is 0.363. The average molecular weight is 241 g/mol. The molecule has 1 N–H and O–H groups in total. The van der Waals surface area contributed by atoms with Gasteiger partial charge in [0.05, 0.1) is 6.10 Å². The van der Waals surface area contributed by atoms with E-state index in [1.807, 2.05) is 11.3 Å². The molecule has 1 heterocycles. The average Bonchev–Trinajstić information content (AvgIpc) is 2.62. The van der Waals surface area contributed by atoms with Gasteiger partial charge in [-0.1, -0.05) is 0 Å². The maximum Gasteiger partial charge on any atom is 0.0518 e. The first-order valence-corrected chi connectivity index (χ1v) is 6.93. The molecule has 1 rings (SSSR count). The van der Waals surface area contributed by atoms with E-state index in [0.29, 0.717) is 6.10 Å². The Morgan fingerprint density at radius 3 is 2.81 bits per heavy atom. The van der Waals surface area contributed by atoms with E-state index in [2.05, 4.69) is 37.5 Å². The van der Waals surface area contributed by atoms with Gasteiger partial charge in [-0.25, -0.2) is 0 Å². The summed E-state index contributed by atoms with van der Waals surface area (Å²) in [5, 5.41) is 5.63. The number of hydrogen-bond acceptors (Lipinski definition) is 3. The number of rotatable bonds is 8. The second kappa shape index (κ2) is 7.82. The molecular formula is C13H23NOS. The van der Waals surface area contributed by atoms with Crippen molar-refractivity contribution in [2.45, 2.75) is 46.3 Å². The van der Waals surface area contributed by atoms with Gasteiger partial charge in [0.1, 0.15) is 0 Å². The van der Waals surface area contributed by atoms with E-state index in [4.69, 9.17) is 4.74 Å². The largest absolute Gasteiger partial charge is 0.379 e. The minimum absolute atomic E-state index is 0.363. The van der Waals surface area contributed by atoms with E-state index in [-0.39, 0.29) is 0 Å². The van der Waals surface area contributed by atoms with Gasteiger partial charge in [0.2, 0.25) is 0 Å². The fourth-order valence-corrected chi connectivity index (χ4v) is 2.33. The molecule has 1 aromatic rings. The van der Waals surface area contributed by atoms with Crippen LogP contribution < -0.4 is 5.32 Å². The highest BCUT2D eigenvalue weighted by atomic mass is 32.1. The molecule has 0 aliphatic heterocycles. The summed E-state index contributed by atoms with van der Waals surface area (Å²) < 4.78 is 5.49. The van der Waals surface area contributed by atoms with Crippen molar-refractivity contribution < 1.29 is 4.74 Å². The van der Waals surface area contributed by atoms with Crippen LogP contribution >= 0.6 is 11.3 Å². The summed E-state index contributed by atoms with van der Waals surface area (Å²) in [5.41, 5.74) is 1.40. The molecule has 0 saturated carbocycles. The predicted molar refractivity (Wildman–Crippen MR) is 71.1 cm³/mol. The summed E-state index contributed by atoms with van der Waals surface area (Å²) in [4.78, 5) is 1.46. The highest BCUT2D eigenvalue weighted by Crippen LogP contribution is 2.14. The summed E-state index contributed by atoms with van der Waals surface area (Å²) >= 11 is 1.83. The van der Waals surface area contributed by atoms with Crippen molar-refractivity contribution in [2.75, 3.05) is 13.2 Å². The molecule has 3 heteroatoms. The van der Waals surface area contributed by atoms with Crippen LogP contribution in [0.1, 0.15) is 37.1 Å². The molecule has 16 heavy (non-hydrogen) atoms. The molecule has 1 aromatic heterocycles. The van der Waals surface area contributed by atoms with Crippen molar-refractivity contribution >= 4 is 11.3 Å². The molecule has 0 spiro atoms. The molecule has 0 aliphatic rings. The van der Waals surface area contributed by atoms with Crippen LogP contribution in [-0.4, -0.2) is 19.3 Å². The number of ether oxygens (including phenoxy) is 1. The molecule has 92 valence electrons. The Bertz CT molecular complexity index is 283. The molecule has 0 amide bonds. The van der Waals surface area contributed by atoms with E-state index in [1.165, 1.54) is 16.9 Å². The van der Waals surface area contributed by atoms with Crippen molar-refractivity contribution in [3.05, 3.63) is 21.9 Å². The Morgan fingerprint density at radius 2 is 2.19 bits per heavy atom. The summed E-state index contributed by atoms with van der Waals surface area (Å²) in [6.45, 7) is 9.31. The van der Waals surface area contributed by atoms with Gasteiger partial charge in [-0.05, 0) is 57.2 Å². The fourth-order valence-electron chi connectivity index (χ4n) is 1.46. The topological polar surface area (TPSA) is 21.3 Å². The lowest BCUT2D eigenvalue weighted by Gasteiger charge is -2.07. The van der Waals surface area contributed by atoms with Crippen molar-refractivity contribution in [3.8, 4) is 0 Å². The highest BCUT2D eigenvalue weighted by molar-refractivity contribution is 7.10. The summed E-state index contributed by atoms with van der Waals surface area (Å²) in [7, 11) is 0. The van der Waals surface area contributed by atoms with E-state index in [0.717, 1.165) is 26.1 Å². The van der Waals surface area contributed by atoms with Gasteiger partial charge in [0.15, 0.2) is 0 Å². The standard InChI is InChI=1S/C13H23NOS/c1-11(2)15-8-5-4-7-14-10-13-12(3)6-9-16-13/h6,9,11,14H,4-5,7-8,10H2,1-3H3. The van der Waals surface area contributed by atoms with Crippen molar-refractivity contribution in [3.63, 3.8) is 0 Å². The quantitative estimate of drug-likeness (QED) is 0.705. The van der Waals surface area contributed by atoms with Crippen molar-refractivity contribution in [1.82, 2.24) is 5.32 Å². The first-order valence-electron chi connectivity index (χ1n) is 6.05. The van der Waals surface area contributed by atoms with Crippen LogP contribution in [0.2, 0.25) is 0 Å². The second-order valence-corrected chi connectivity index (χ2v) is 5.33. The monoisotopic (exact) mass is 241 g/mol. The third kappa shape index (κ3) is 5.64. The predicted octanol–water partition coefficient (Wildman–Crippen LogP) is 3.35. The molecule has 0 radical (unpaired) electrons. The Balaban J connectivity index is 1.94. The lowest BCUT2D eigenvalue weighted by atomic mass is 10.3. The third-order valence-electron chi connectivity index (χ3n) is 2.45. The molecule has 0 saturated heterocycles. The van der Waals surface area contributed by atoms with Gasteiger partial charge < -0.3 is 10.1 Å². The lowest BCUT2D eigenvalue weighted by Crippen LogP contribution is -2.15. The Labute approximate surface area is 103 Å². The number of unbranched alkanes of at least 4 members (excludes halogenated alkanes) is 1. The first-order chi connectivity index (χ1) is 7.70. The summed E-state index contributed by atoms with van der Waals surface area (Å²) in [6, 6.07) is 2.18. The van der Waals surface area contributed by atoms with Gasteiger partial charge in [-0.2, -0.15) is 0 Å². The number of nitrogens with one attached hydrogen (secondary N) is 1. The molecule has 0 aromatic carbocycles. The van der Waals surface area contributed by atoms with E-state index in [1.54, 1.807) is 0 Å². The molecule has 0 fully saturated rings. The van der Waals surface area contributed by atoms with Gasteiger partial charge in [0, 0.05) is 18.0 Å². The Morgan fingerprint density at radius 1 is 1.38 bits per heavy atom. The number of thiophene rings is 1. The molecule has 0 atom stereocenters. The summed E-state index contributed by atoms with van der Waals surface area (Å²) in [5.74, 6) is 0. The van der Waals surface area contributed by atoms with E-state index < -0.39 is 0 Å². The van der Waals surface area contributed by atoms with Crippen LogP contribution in [0, 0.1) is 6.92 Å². The van der Waals surface area contributed by atoms with Crippen LogP contribution in [0.25, 0.3) is 0 Å². The zero-order valence-corrected chi connectivity index (χ0v) is 11.4. The van der Waals surface area contributed by atoms with Crippen LogP contribution in [0.15, 0.2) is 11.4 Å². The van der Waals surface area contributed by atoms with Crippen LogP contribution in [0.5, 0.6) is 0 Å². The SMILES string of the molecule is Cc1ccsc1CNCCCCOC(C)C. The highest BCUT2D eigenvalue weighted by Gasteiger charge is 1.98. The summed E-state index contributed by atoms with van der Waals surface area (Å²) in [6.07, 6.45) is 2.70. The van der Waals surface area contributed by atoms with Crippen LogP contribution in [0.4, 0.5) is 0 Å². The minimum Gasteiger partial charge on any atom is -0.379 e. The van der Waals surface area contributed by atoms with Crippen LogP contribution in [0.3, 0.4) is 0 Å². The smallest absolute Gasteiger partial charge is 0.0518 e. The Kier molecular flexibility index (Phi) is 6.69. The van der Waals surface area contributed by atoms with Crippen molar-refractivity contribution in [1.29, 1.82) is 0 Å². The lowest BCUT2D eigenvalue weighted by molar-refractivity contribution is 0.0760. The van der Waals surface area contributed by atoms with Crippen molar-refractivity contribution in [2.24, 2.45) is 0 Å². The third-order valence-corrected chi connectivity index (χ3v) is 3.48. The van der Waals surface area contributed by atoms with E-state index >= 15 is 0 Å². The first kappa shape index (κ1) is 13.7. The van der Waals surface area contributed by atoms with Gasteiger partial charge in [0.25, 0.3) is 0 Å². The molecule has 2 nitrogen and oxygen atoms in total. The molecule has 0 unspecified atom stereocenters. The molecular weight excluding hydrogens is 218 g/mol. The van der Waals surface area contributed by atoms with Gasteiger partial charge in [-0.3, -0.25) is 0 Å². The zero-order valence-electron chi connectivity index (χ0n) is 10.6. The maximum absolute atomic E-state index is 5.49. The van der Waals surface area contributed by atoms with Gasteiger partial charge >= 0.3 is 0 Å².